The Labute approximate surface area is 94.2 Å². The first-order valence-electron chi connectivity index (χ1n) is 6.00. The molecule has 1 fully saturated rings. The Morgan fingerprint density at radius 1 is 1.00 bits per heavy atom. The lowest BCUT2D eigenvalue weighted by Crippen LogP contribution is -2.36. The van der Waals surface area contributed by atoms with Gasteiger partial charge in [-0.25, -0.2) is 0 Å². The monoisotopic (exact) mass is 211 g/mol. The van der Waals surface area contributed by atoms with Gasteiger partial charge in [-0.2, -0.15) is 0 Å². The van der Waals surface area contributed by atoms with Gasteiger partial charge in [0.1, 0.15) is 0 Å². The van der Waals surface area contributed by atoms with Crippen molar-refractivity contribution in [3.8, 4) is 0 Å². The standard InChI is InChI=1S/C12H25N3/c1-14(2)12(15(3)4)13-10-11-8-6-5-7-9-11/h11H,5-10H2,1-4H3. The van der Waals surface area contributed by atoms with Crippen molar-refractivity contribution in [2.24, 2.45) is 10.9 Å². The molecule has 0 unspecified atom stereocenters. The third-order valence-electron chi connectivity index (χ3n) is 3.02. The van der Waals surface area contributed by atoms with Crippen LogP contribution >= 0.6 is 0 Å². The molecule has 0 bridgehead atoms. The normalized spacial score (nSPS) is 17.3. The zero-order chi connectivity index (χ0) is 11.3. The molecule has 0 spiro atoms. The number of hydrogen-bond donors (Lipinski definition) is 0. The molecule has 3 heteroatoms. The van der Waals surface area contributed by atoms with Crippen molar-refractivity contribution in [3.63, 3.8) is 0 Å². The van der Waals surface area contributed by atoms with Gasteiger partial charge in [0.25, 0.3) is 0 Å². The first-order valence-corrected chi connectivity index (χ1v) is 6.00. The van der Waals surface area contributed by atoms with Gasteiger partial charge in [-0.3, -0.25) is 4.99 Å². The minimum Gasteiger partial charge on any atom is -0.349 e. The Bertz CT molecular complexity index is 193. The van der Waals surface area contributed by atoms with E-state index in [2.05, 4.69) is 38.0 Å². The van der Waals surface area contributed by atoms with Crippen LogP contribution in [0.25, 0.3) is 0 Å². The first-order chi connectivity index (χ1) is 7.11. The van der Waals surface area contributed by atoms with Crippen molar-refractivity contribution < 1.29 is 0 Å². The molecule has 0 N–H and O–H groups in total. The number of rotatable bonds is 2. The zero-order valence-electron chi connectivity index (χ0n) is 10.7. The average molecular weight is 211 g/mol. The molecule has 3 nitrogen and oxygen atoms in total. The van der Waals surface area contributed by atoms with E-state index in [1.807, 2.05) is 0 Å². The molecule has 0 aromatic carbocycles. The Hall–Kier alpha value is -0.730. The van der Waals surface area contributed by atoms with Crippen LogP contribution in [0.4, 0.5) is 0 Å². The van der Waals surface area contributed by atoms with E-state index < -0.39 is 0 Å². The van der Waals surface area contributed by atoms with Gasteiger partial charge in [0, 0.05) is 34.7 Å². The van der Waals surface area contributed by atoms with Crippen LogP contribution in [0.5, 0.6) is 0 Å². The number of hydrogen-bond acceptors (Lipinski definition) is 1. The predicted octanol–water partition coefficient (Wildman–Crippen LogP) is 2.05. The summed E-state index contributed by atoms with van der Waals surface area (Å²) in [6.45, 7) is 1.01. The lowest BCUT2D eigenvalue weighted by atomic mass is 9.89. The van der Waals surface area contributed by atoms with Crippen LogP contribution in [0.15, 0.2) is 4.99 Å². The van der Waals surface area contributed by atoms with E-state index in [9.17, 15) is 0 Å². The van der Waals surface area contributed by atoms with Gasteiger partial charge < -0.3 is 9.80 Å². The minimum absolute atomic E-state index is 0.827. The smallest absolute Gasteiger partial charge is 0.195 e. The van der Waals surface area contributed by atoms with E-state index in [1.54, 1.807) is 0 Å². The van der Waals surface area contributed by atoms with Crippen LogP contribution in [-0.2, 0) is 0 Å². The van der Waals surface area contributed by atoms with Crippen LogP contribution in [0.2, 0.25) is 0 Å². The topological polar surface area (TPSA) is 18.8 Å². The Kier molecular flexibility index (Phi) is 4.92. The van der Waals surface area contributed by atoms with E-state index in [4.69, 9.17) is 4.99 Å². The van der Waals surface area contributed by atoms with Gasteiger partial charge in [-0.15, -0.1) is 0 Å². The van der Waals surface area contributed by atoms with E-state index in [-0.39, 0.29) is 0 Å². The second kappa shape index (κ2) is 5.99. The van der Waals surface area contributed by atoms with E-state index >= 15 is 0 Å². The molecule has 1 aliphatic rings. The third kappa shape index (κ3) is 4.10. The van der Waals surface area contributed by atoms with Gasteiger partial charge in [-0.05, 0) is 18.8 Å². The summed E-state index contributed by atoms with van der Waals surface area (Å²) in [6, 6.07) is 0. The molecule has 0 saturated heterocycles. The predicted molar refractivity (Wildman–Crippen MR) is 66.3 cm³/mol. The molecule has 0 aliphatic heterocycles. The lowest BCUT2D eigenvalue weighted by molar-refractivity contribution is 0.362. The molecule has 1 rings (SSSR count). The van der Waals surface area contributed by atoms with E-state index in [0.717, 1.165) is 18.4 Å². The number of guanidine groups is 1. The highest BCUT2D eigenvalue weighted by molar-refractivity contribution is 5.79. The molecule has 1 saturated carbocycles. The summed E-state index contributed by atoms with van der Waals surface area (Å²) in [6.07, 6.45) is 6.97. The first kappa shape index (κ1) is 12.3. The van der Waals surface area contributed by atoms with Crippen LogP contribution in [0.1, 0.15) is 32.1 Å². The van der Waals surface area contributed by atoms with Crippen molar-refractivity contribution >= 4 is 5.96 Å². The lowest BCUT2D eigenvalue weighted by Gasteiger charge is -2.25. The van der Waals surface area contributed by atoms with Gasteiger partial charge >= 0.3 is 0 Å². The average Bonchev–Trinajstić information content (AvgIpc) is 2.18. The molecule has 0 atom stereocenters. The zero-order valence-corrected chi connectivity index (χ0v) is 10.7. The Morgan fingerprint density at radius 2 is 1.53 bits per heavy atom. The van der Waals surface area contributed by atoms with E-state index in [1.165, 1.54) is 32.1 Å². The van der Waals surface area contributed by atoms with Crippen molar-refractivity contribution in [1.82, 2.24) is 9.80 Å². The van der Waals surface area contributed by atoms with Gasteiger partial charge in [-0.1, -0.05) is 19.3 Å². The summed E-state index contributed by atoms with van der Waals surface area (Å²) >= 11 is 0. The second-order valence-electron chi connectivity index (χ2n) is 4.93. The Morgan fingerprint density at radius 3 is 2.00 bits per heavy atom. The molecule has 15 heavy (non-hydrogen) atoms. The number of nitrogens with zero attached hydrogens (tertiary/aromatic N) is 3. The Balaban J connectivity index is 2.44. The minimum atomic E-state index is 0.827. The van der Waals surface area contributed by atoms with Crippen molar-refractivity contribution in [1.29, 1.82) is 0 Å². The summed E-state index contributed by atoms with van der Waals surface area (Å²) in [4.78, 5) is 8.89. The maximum atomic E-state index is 4.71. The third-order valence-corrected chi connectivity index (χ3v) is 3.02. The van der Waals surface area contributed by atoms with Crippen LogP contribution < -0.4 is 0 Å². The second-order valence-corrected chi connectivity index (χ2v) is 4.93. The van der Waals surface area contributed by atoms with Crippen LogP contribution in [0, 0.1) is 5.92 Å². The summed E-state index contributed by atoms with van der Waals surface area (Å²) in [5.74, 6) is 1.91. The highest BCUT2D eigenvalue weighted by Gasteiger charge is 2.13. The molecule has 0 heterocycles. The highest BCUT2D eigenvalue weighted by atomic mass is 15.3. The van der Waals surface area contributed by atoms with Gasteiger partial charge in [0.2, 0.25) is 0 Å². The summed E-state index contributed by atoms with van der Waals surface area (Å²) in [5, 5.41) is 0. The quantitative estimate of drug-likeness (QED) is 0.514. The van der Waals surface area contributed by atoms with Gasteiger partial charge in [0.05, 0.1) is 0 Å². The molecule has 1 aliphatic carbocycles. The molecule has 0 amide bonds. The molecule has 0 aromatic heterocycles. The molecule has 0 radical (unpaired) electrons. The maximum absolute atomic E-state index is 4.71. The van der Waals surface area contributed by atoms with Crippen LogP contribution in [-0.4, -0.2) is 50.5 Å². The van der Waals surface area contributed by atoms with Crippen molar-refractivity contribution in [2.75, 3.05) is 34.7 Å². The largest absolute Gasteiger partial charge is 0.349 e. The maximum Gasteiger partial charge on any atom is 0.195 e. The molecule has 88 valence electrons. The van der Waals surface area contributed by atoms with Crippen molar-refractivity contribution in [2.45, 2.75) is 32.1 Å². The number of aliphatic imine (C=N–C) groups is 1. The van der Waals surface area contributed by atoms with Crippen LogP contribution in [0.3, 0.4) is 0 Å². The summed E-state index contributed by atoms with van der Waals surface area (Å²) in [5.41, 5.74) is 0. The van der Waals surface area contributed by atoms with Crippen molar-refractivity contribution in [3.05, 3.63) is 0 Å². The van der Waals surface area contributed by atoms with E-state index in [0.29, 0.717) is 0 Å². The fourth-order valence-electron chi connectivity index (χ4n) is 2.26. The summed E-state index contributed by atoms with van der Waals surface area (Å²) in [7, 11) is 8.22. The molecular formula is C12H25N3. The summed E-state index contributed by atoms with van der Waals surface area (Å²) < 4.78 is 0. The molecular weight excluding hydrogens is 186 g/mol. The highest BCUT2D eigenvalue weighted by Crippen LogP contribution is 2.23. The fraction of sp³-hybridized carbons (Fsp3) is 0.917. The van der Waals surface area contributed by atoms with Gasteiger partial charge in [0.15, 0.2) is 5.96 Å². The SMILES string of the molecule is CN(C)C(=NCC1CCCCC1)N(C)C. The molecule has 0 aromatic rings. The fourth-order valence-corrected chi connectivity index (χ4v) is 2.26.